The maximum atomic E-state index is 12.2. The van der Waals surface area contributed by atoms with Crippen molar-refractivity contribution in [1.29, 1.82) is 0 Å². The minimum absolute atomic E-state index is 0.193. The van der Waals surface area contributed by atoms with Gasteiger partial charge >= 0.3 is 0 Å². The van der Waals surface area contributed by atoms with Gasteiger partial charge in [-0.25, -0.2) is 8.42 Å². The number of nitrogens with two attached hydrogens (primary N) is 1. The molecule has 0 saturated carbocycles. The van der Waals surface area contributed by atoms with E-state index in [1.54, 1.807) is 26.8 Å². The molecule has 1 aromatic rings. The fourth-order valence-electron chi connectivity index (χ4n) is 1.59. The number of hydrogen-bond acceptors (Lipinski definition) is 3. The monoisotopic (exact) mass is 276 g/mol. The van der Waals surface area contributed by atoms with Gasteiger partial charge in [-0.3, -0.25) is 0 Å². The summed E-state index contributed by atoms with van der Waals surface area (Å²) < 4.78 is 25.9. The molecule has 96 valence electrons. The van der Waals surface area contributed by atoms with Crippen molar-refractivity contribution in [2.45, 2.75) is 25.7 Å². The highest BCUT2D eigenvalue weighted by Gasteiger charge is 2.22. The zero-order chi connectivity index (χ0) is 13.2. The van der Waals surface area contributed by atoms with Gasteiger partial charge < -0.3 is 5.73 Å². The van der Waals surface area contributed by atoms with Crippen molar-refractivity contribution in [2.24, 2.45) is 0 Å². The molecule has 0 heterocycles. The van der Waals surface area contributed by atoms with Crippen molar-refractivity contribution in [3.05, 3.63) is 22.7 Å². The van der Waals surface area contributed by atoms with Crippen LogP contribution < -0.4 is 5.73 Å². The molecular weight excluding hydrogens is 260 g/mol. The van der Waals surface area contributed by atoms with Crippen molar-refractivity contribution in [2.75, 3.05) is 18.8 Å². The summed E-state index contributed by atoms with van der Waals surface area (Å²) >= 11 is 5.91. The van der Waals surface area contributed by atoms with E-state index < -0.39 is 10.0 Å². The second kappa shape index (κ2) is 5.25. The molecule has 0 saturated heterocycles. The third-order valence-electron chi connectivity index (χ3n) is 2.65. The molecule has 1 rings (SSSR count). The fourth-order valence-corrected chi connectivity index (χ4v) is 3.49. The van der Waals surface area contributed by atoms with Gasteiger partial charge in [-0.1, -0.05) is 25.4 Å². The number of aryl methyl sites for hydroxylation is 1. The summed E-state index contributed by atoms with van der Waals surface area (Å²) in [4.78, 5) is 0.193. The maximum Gasteiger partial charge on any atom is 0.243 e. The van der Waals surface area contributed by atoms with E-state index in [4.69, 9.17) is 17.3 Å². The molecule has 0 bridgehead atoms. The summed E-state index contributed by atoms with van der Waals surface area (Å²) in [6.45, 7) is 6.20. The van der Waals surface area contributed by atoms with Crippen molar-refractivity contribution in [3.63, 3.8) is 0 Å². The molecule has 0 unspecified atom stereocenters. The lowest BCUT2D eigenvalue weighted by Crippen LogP contribution is -2.30. The van der Waals surface area contributed by atoms with Crippen LogP contribution in [0.2, 0.25) is 5.02 Å². The zero-order valence-corrected chi connectivity index (χ0v) is 11.8. The highest BCUT2D eigenvalue weighted by molar-refractivity contribution is 7.89. The second-order valence-electron chi connectivity index (χ2n) is 3.72. The Hall–Kier alpha value is -0.780. The van der Waals surface area contributed by atoms with Crippen molar-refractivity contribution < 1.29 is 8.42 Å². The van der Waals surface area contributed by atoms with Gasteiger partial charge in [0.05, 0.1) is 15.6 Å². The quantitative estimate of drug-likeness (QED) is 0.858. The summed E-state index contributed by atoms with van der Waals surface area (Å²) in [5.74, 6) is 0. The van der Waals surface area contributed by atoms with Crippen LogP contribution in [0.15, 0.2) is 17.0 Å². The number of sulfonamides is 1. The van der Waals surface area contributed by atoms with Crippen LogP contribution in [-0.2, 0) is 10.0 Å². The molecule has 0 amide bonds. The maximum absolute atomic E-state index is 12.2. The molecule has 0 atom stereocenters. The number of hydrogen-bond donors (Lipinski definition) is 1. The summed E-state index contributed by atoms with van der Waals surface area (Å²) in [6.07, 6.45) is 0. The van der Waals surface area contributed by atoms with Gasteiger partial charge in [-0.2, -0.15) is 4.31 Å². The molecule has 0 aliphatic carbocycles. The van der Waals surface area contributed by atoms with Crippen LogP contribution in [0.1, 0.15) is 19.4 Å². The normalized spacial score (nSPS) is 12.1. The number of nitrogen functional groups attached to an aromatic ring is 1. The van der Waals surface area contributed by atoms with Gasteiger partial charge in [-0.05, 0) is 24.6 Å². The molecule has 0 aliphatic rings. The first-order valence-corrected chi connectivity index (χ1v) is 7.22. The van der Waals surface area contributed by atoms with E-state index in [2.05, 4.69) is 0 Å². The predicted molar refractivity (Wildman–Crippen MR) is 70.7 cm³/mol. The molecule has 0 spiro atoms. The van der Waals surface area contributed by atoms with Crippen molar-refractivity contribution in [3.8, 4) is 0 Å². The molecule has 6 heteroatoms. The molecule has 0 radical (unpaired) electrons. The highest BCUT2D eigenvalue weighted by Crippen LogP contribution is 2.28. The molecule has 17 heavy (non-hydrogen) atoms. The second-order valence-corrected chi connectivity index (χ2v) is 6.07. The van der Waals surface area contributed by atoms with Crippen LogP contribution in [-0.4, -0.2) is 25.8 Å². The lowest BCUT2D eigenvalue weighted by molar-refractivity contribution is 0.445. The van der Waals surface area contributed by atoms with Crippen LogP contribution >= 0.6 is 11.6 Å². The Morgan fingerprint density at radius 3 is 2.24 bits per heavy atom. The third kappa shape index (κ3) is 2.73. The minimum atomic E-state index is -3.47. The zero-order valence-electron chi connectivity index (χ0n) is 10.2. The van der Waals surface area contributed by atoms with E-state index in [9.17, 15) is 8.42 Å². The molecule has 2 N–H and O–H groups in total. The SMILES string of the molecule is CCN(CC)S(=O)(=O)c1cc(C)c(N)c(Cl)c1. The molecule has 0 aliphatic heterocycles. The van der Waals surface area contributed by atoms with Crippen molar-refractivity contribution >= 4 is 27.3 Å². The molecule has 1 aromatic carbocycles. The lowest BCUT2D eigenvalue weighted by atomic mass is 10.2. The largest absolute Gasteiger partial charge is 0.397 e. The Morgan fingerprint density at radius 2 is 1.82 bits per heavy atom. The summed E-state index contributed by atoms with van der Waals surface area (Å²) in [6, 6.07) is 2.95. The average Bonchev–Trinajstić information content (AvgIpc) is 2.26. The van der Waals surface area contributed by atoms with Crippen LogP contribution in [0.25, 0.3) is 0 Å². The predicted octanol–water partition coefficient (Wildman–Crippen LogP) is 2.26. The molecule has 0 aromatic heterocycles. The van der Waals surface area contributed by atoms with E-state index in [-0.39, 0.29) is 9.92 Å². The first kappa shape index (κ1) is 14.3. The van der Waals surface area contributed by atoms with Crippen LogP contribution in [0.3, 0.4) is 0 Å². The fraction of sp³-hybridized carbons (Fsp3) is 0.455. The number of halogens is 1. The molecule has 0 fully saturated rings. The number of rotatable bonds is 4. The Labute approximate surface area is 107 Å². The first-order valence-electron chi connectivity index (χ1n) is 5.40. The third-order valence-corrected chi connectivity index (χ3v) is 4.99. The number of anilines is 1. The van der Waals surface area contributed by atoms with Gasteiger partial charge in [0.25, 0.3) is 0 Å². The van der Waals surface area contributed by atoms with E-state index in [1.165, 1.54) is 10.4 Å². The first-order chi connectivity index (χ1) is 7.84. The smallest absolute Gasteiger partial charge is 0.243 e. The van der Waals surface area contributed by atoms with E-state index in [1.807, 2.05) is 0 Å². The van der Waals surface area contributed by atoms with Crippen LogP contribution in [0, 0.1) is 6.92 Å². The van der Waals surface area contributed by atoms with Gasteiger partial charge in [0.2, 0.25) is 10.0 Å². The molecule has 4 nitrogen and oxygen atoms in total. The van der Waals surface area contributed by atoms with Crippen LogP contribution in [0.4, 0.5) is 5.69 Å². The standard InChI is InChI=1S/C11H17ClN2O2S/c1-4-14(5-2)17(15,16)9-6-8(3)11(13)10(12)7-9/h6-7H,4-5,13H2,1-3H3. The van der Waals surface area contributed by atoms with Gasteiger partial charge in [-0.15, -0.1) is 0 Å². The van der Waals surface area contributed by atoms with Crippen molar-refractivity contribution in [1.82, 2.24) is 4.31 Å². The minimum Gasteiger partial charge on any atom is -0.397 e. The van der Waals surface area contributed by atoms with Crippen LogP contribution in [0.5, 0.6) is 0 Å². The van der Waals surface area contributed by atoms with E-state index in [0.29, 0.717) is 24.3 Å². The number of benzene rings is 1. The Bertz CT molecular complexity index is 487. The van der Waals surface area contributed by atoms with E-state index in [0.717, 1.165) is 0 Å². The number of nitrogens with zero attached hydrogens (tertiary/aromatic N) is 1. The summed E-state index contributed by atoms with van der Waals surface area (Å²) in [5, 5.41) is 0.274. The Morgan fingerprint density at radius 1 is 1.29 bits per heavy atom. The van der Waals surface area contributed by atoms with E-state index >= 15 is 0 Å². The van der Waals surface area contributed by atoms with Gasteiger partial charge in [0, 0.05) is 13.1 Å². The van der Waals surface area contributed by atoms with Gasteiger partial charge in [0.1, 0.15) is 0 Å². The lowest BCUT2D eigenvalue weighted by Gasteiger charge is -2.19. The molecular formula is C11H17ClN2O2S. The topological polar surface area (TPSA) is 63.4 Å². The van der Waals surface area contributed by atoms with Gasteiger partial charge in [0.15, 0.2) is 0 Å². The summed E-state index contributed by atoms with van der Waals surface area (Å²) in [7, 11) is -3.47. The Kier molecular flexibility index (Phi) is 4.41. The summed E-state index contributed by atoms with van der Waals surface area (Å²) in [5.41, 5.74) is 6.79. The highest BCUT2D eigenvalue weighted by atomic mass is 35.5. The average molecular weight is 277 g/mol. The Balaban J connectivity index is 3.34.